The highest BCUT2D eigenvalue weighted by atomic mass is 32.1. The lowest BCUT2D eigenvalue weighted by atomic mass is 9.74. The molecule has 1 fully saturated rings. The van der Waals surface area contributed by atoms with Gasteiger partial charge in [-0.2, -0.15) is 0 Å². The summed E-state index contributed by atoms with van der Waals surface area (Å²) < 4.78 is 2.37. The first kappa shape index (κ1) is 11.7. The van der Waals surface area contributed by atoms with Gasteiger partial charge in [-0.1, -0.05) is 19.1 Å². The molecule has 4 heteroatoms. The summed E-state index contributed by atoms with van der Waals surface area (Å²) in [4.78, 5) is 15.8. The highest BCUT2D eigenvalue weighted by Gasteiger charge is 2.38. The Balaban J connectivity index is 2.37. The molecule has 1 saturated carbocycles. The van der Waals surface area contributed by atoms with E-state index in [1.165, 1.54) is 6.42 Å². The van der Waals surface area contributed by atoms with Gasteiger partial charge >= 0.3 is 0 Å². The molecule has 0 radical (unpaired) electrons. The topological polar surface area (TPSA) is 37.8 Å². The largest absolute Gasteiger partial charge is 0.332 e. The molecule has 3 nitrogen and oxygen atoms in total. The number of hydrogen-bond donors (Lipinski definition) is 1. The first-order valence-corrected chi connectivity index (χ1v) is 6.83. The minimum absolute atomic E-state index is 0.0469. The molecule has 1 aliphatic rings. The van der Waals surface area contributed by atoms with Crippen LogP contribution in [-0.4, -0.2) is 9.55 Å². The number of benzene rings is 1. The molecule has 0 unspecified atom stereocenters. The number of rotatable bonds is 2. The van der Waals surface area contributed by atoms with Crippen molar-refractivity contribution in [1.82, 2.24) is 9.55 Å². The van der Waals surface area contributed by atoms with Gasteiger partial charge in [0.25, 0.3) is 5.56 Å². The molecular formula is C14H16N2OS. The van der Waals surface area contributed by atoms with Crippen molar-refractivity contribution >= 4 is 23.1 Å². The van der Waals surface area contributed by atoms with Crippen LogP contribution in [-0.2, 0) is 5.54 Å². The smallest absolute Gasteiger partial charge is 0.262 e. The van der Waals surface area contributed by atoms with Crippen molar-refractivity contribution in [3.8, 4) is 0 Å². The molecule has 94 valence electrons. The van der Waals surface area contributed by atoms with Crippen LogP contribution in [0.25, 0.3) is 10.9 Å². The number of hydrogen-bond acceptors (Lipinski definition) is 2. The maximum Gasteiger partial charge on any atom is 0.262 e. The molecule has 0 bridgehead atoms. The Morgan fingerprint density at radius 1 is 1.39 bits per heavy atom. The van der Waals surface area contributed by atoms with Crippen molar-refractivity contribution in [2.24, 2.45) is 0 Å². The zero-order valence-corrected chi connectivity index (χ0v) is 11.2. The standard InChI is InChI=1S/C14H16N2OS/c1-2-14(8-5-9-14)16-12(17)10-6-3-4-7-11(10)15-13(16)18/h3-4,6-7H,2,5,8-9H2,1H3,(H,15,18). The number of nitrogens with one attached hydrogen (secondary N) is 1. The van der Waals surface area contributed by atoms with Crippen LogP contribution in [0.2, 0.25) is 0 Å². The lowest BCUT2D eigenvalue weighted by Gasteiger charge is -2.42. The van der Waals surface area contributed by atoms with Crippen molar-refractivity contribution < 1.29 is 0 Å². The van der Waals surface area contributed by atoms with Crippen molar-refractivity contribution in [2.45, 2.75) is 38.1 Å². The van der Waals surface area contributed by atoms with Crippen LogP contribution in [0.1, 0.15) is 32.6 Å². The minimum Gasteiger partial charge on any atom is -0.332 e. The molecule has 0 amide bonds. The summed E-state index contributed by atoms with van der Waals surface area (Å²) in [7, 11) is 0. The van der Waals surface area contributed by atoms with Gasteiger partial charge in [-0.25, -0.2) is 0 Å². The van der Waals surface area contributed by atoms with Gasteiger partial charge in [-0.15, -0.1) is 0 Å². The number of nitrogens with zero attached hydrogens (tertiary/aromatic N) is 1. The van der Waals surface area contributed by atoms with E-state index in [-0.39, 0.29) is 11.1 Å². The van der Waals surface area contributed by atoms with Gasteiger partial charge in [-0.3, -0.25) is 9.36 Å². The van der Waals surface area contributed by atoms with Gasteiger partial charge in [0.2, 0.25) is 0 Å². The second-order valence-corrected chi connectivity index (χ2v) is 5.43. The second-order valence-electron chi connectivity index (χ2n) is 5.05. The van der Waals surface area contributed by atoms with E-state index in [0.29, 0.717) is 4.77 Å². The molecule has 1 aliphatic carbocycles. The number of para-hydroxylation sites is 1. The minimum atomic E-state index is -0.0469. The predicted molar refractivity (Wildman–Crippen MR) is 75.5 cm³/mol. The fourth-order valence-corrected chi connectivity index (χ4v) is 3.30. The highest BCUT2D eigenvalue weighted by molar-refractivity contribution is 7.71. The summed E-state index contributed by atoms with van der Waals surface area (Å²) >= 11 is 5.39. The molecule has 0 saturated heterocycles. The molecule has 1 N–H and O–H groups in total. The van der Waals surface area contributed by atoms with Crippen LogP contribution in [0.15, 0.2) is 29.1 Å². The summed E-state index contributed by atoms with van der Waals surface area (Å²) in [5, 5.41) is 0.728. The van der Waals surface area contributed by atoms with Gasteiger partial charge in [0.1, 0.15) is 0 Å². The van der Waals surface area contributed by atoms with E-state index in [9.17, 15) is 4.79 Å². The van der Waals surface area contributed by atoms with Crippen LogP contribution in [0.5, 0.6) is 0 Å². The second kappa shape index (κ2) is 4.05. The third-order valence-electron chi connectivity index (χ3n) is 4.22. The third-order valence-corrected chi connectivity index (χ3v) is 4.51. The average molecular weight is 260 g/mol. The molecule has 1 aromatic heterocycles. The maximum atomic E-state index is 12.6. The molecule has 0 aliphatic heterocycles. The van der Waals surface area contributed by atoms with Crippen LogP contribution in [0.4, 0.5) is 0 Å². The van der Waals surface area contributed by atoms with E-state index in [2.05, 4.69) is 11.9 Å². The summed E-state index contributed by atoms with van der Waals surface area (Å²) in [5.74, 6) is 0. The summed E-state index contributed by atoms with van der Waals surface area (Å²) in [6.07, 6.45) is 4.25. The number of H-pyrrole nitrogens is 1. The van der Waals surface area contributed by atoms with Crippen molar-refractivity contribution in [2.75, 3.05) is 0 Å². The zero-order chi connectivity index (χ0) is 12.8. The van der Waals surface area contributed by atoms with Gasteiger partial charge in [0.15, 0.2) is 4.77 Å². The Hall–Kier alpha value is -1.42. The third kappa shape index (κ3) is 1.48. The summed E-state index contributed by atoms with van der Waals surface area (Å²) in [6.45, 7) is 2.13. The maximum absolute atomic E-state index is 12.6. The fraction of sp³-hybridized carbons (Fsp3) is 0.429. The van der Waals surface area contributed by atoms with E-state index in [4.69, 9.17) is 12.2 Å². The van der Waals surface area contributed by atoms with Crippen molar-refractivity contribution in [1.29, 1.82) is 0 Å². The molecule has 18 heavy (non-hydrogen) atoms. The lowest BCUT2D eigenvalue weighted by molar-refractivity contribution is 0.128. The molecule has 0 atom stereocenters. The van der Waals surface area contributed by atoms with E-state index < -0.39 is 0 Å². The first-order chi connectivity index (χ1) is 8.68. The number of aromatic amines is 1. The first-order valence-electron chi connectivity index (χ1n) is 6.42. The quantitative estimate of drug-likeness (QED) is 0.841. The van der Waals surface area contributed by atoms with Crippen molar-refractivity contribution in [3.63, 3.8) is 0 Å². The van der Waals surface area contributed by atoms with Crippen LogP contribution < -0.4 is 5.56 Å². The Labute approximate surface area is 110 Å². The lowest BCUT2D eigenvalue weighted by Crippen LogP contribution is -2.46. The van der Waals surface area contributed by atoms with Gasteiger partial charge in [0, 0.05) is 0 Å². The number of fused-ring (bicyclic) bond motifs is 1. The van der Waals surface area contributed by atoms with Gasteiger partial charge in [0.05, 0.1) is 16.4 Å². The molecule has 3 rings (SSSR count). The van der Waals surface area contributed by atoms with E-state index in [1.807, 2.05) is 28.8 Å². The monoisotopic (exact) mass is 260 g/mol. The SMILES string of the molecule is CCC1(n2c(=S)[nH]c3ccccc3c2=O)CCC1. The Morgan fingerprint density at radius 3 is 2.72 bits per heavy atom. The van der Waals surface area contributed by atoms with Gasteiger partial charge in [-0.05, 0) is 50.0 Å². The van der Waals surface area contributed by atoms with Crippen molar-refractivity contribution in [3.05, 3.63) is 39.4 Å². The van der Waals surface area contributed by atoms with Crippen LogP contribution in [0.3, 0.4) is 0 Å². The fourth-order valence-electron chi connectivity index (χ4n) is 2.91. The number of aromatic nitrogens is 2. The molecule has 2 aromatic rings. The molecular weight excluding hydrogens is 244 g/mol. The van der Waals surface area contributed by atoms with E-state index in [1.54, 1.807) is 0 Å². The molecule has 1 aromatic carbocycles. The van der Waals surface area contributed by atoms with E-state index in [0.717, 1.165) is 30.2 Å². The highest BCUT2D eigenvalue weighted by Crippen LogP contribution is 2.41. The average Bonchev–Trinajstić information content (AvgIpc) is 2.32. The molecule has 0 spiro atoms. The normalized spacial score (nSPS) is 17.6. The molecule has 1 heterocycles. The summed E-state index contributed by atoms with van der Waals surface area (Å²) in [5.41, 5.74) is 0.833. The van der Waals surface area contributed by atoms with Gasteiger partial charge < -0.3 is 4.98 Å². The van der Waals surface area contributed by atoms with E-state index >= 15 is 0 Å². The predicted octanol–water partition coefficient (Wildman–Crippen LogP) is 3.35. The summed E-state index contributed by atoms with van der Waals surface area (Å²) in [6, 6.07) is 7.57. The Bertz CT molecular complexity index is 704. The van der Waals surface area contributed by atoms with Crippen LogP contribution >= 0.6 is 12.2 Å². The Morgan fingerprint density at radius 2 is 2.11 bits per heavy atom. The Kier molecular flexibility index (Phi) is 2.63. The van der Waals surface area contributed by atoms with Crippen LogP contribution in [0, 0.1) is 4.77 Å². The zero-order valence-electron chi connectivity index (χ0n) is 10.4.